The first kappa shape index (κ1) is 20.0. The van der Waals surface area contributed by atoms with Gasteiger partial charge in [0.05, 0.1) is 18.2 Å². The molecule has 0 unspecified atom stereocenters. The summed E-state index contributed by atoms with van der Waals surface area (Å²) in [7, 11) is 0. The number of benzene rings is 3. The van der Waals surface area contributed by atoms with Crippen molar-refractivity contribution in [3.05, 3.63) is 108 Å². The van der Waals surface area contributed by atoms with Crippen LogP contribution in [-0.4, -0.2) is 17.2 Å². The Bertz CT molecular complexity index is 1030. The summed E-state index contributed by atoms with van der Waals surface area (Å²) in [6.45, 7) is 0. The molecule has 0 heterocycles. The summed E-state index contributed by atoms with van der Waals surface area (Å²) in [6, 6.07) is 25.9. The fourth-order valence-corrected chi connectivity index (χ4v) is 2.75. The van der Waals surface area contributed by atoms with Crippen LogP contribution in [0.3, 0.4) is 0 Å². The Balaban J connectivity index is 1.76. The van der Waals surface area contributed by atoms with Gasteiger partial charge in [0.2, 0.25) is 0 Å². The molecule has 1 amide bonds. The van der Waals surface area contributed by atoms with Crippen molar-refractivity contribution in [2.75, 3.05) is 5.73 Å². The summed E-state index contributed by atoms with van der Waals surface area (Å²) in [4.78, 5) is 16.9. The largest absolute Gasteiger partial charge is 0.399 e. The van der Waals surface area contributed by atoms with Crippen LogP contribution in [0.5, 0.6) is 0 Å². The maximum absolute atomic E-state index is 12.1. The standard InChI is InChI=1S/C23H20N4OS/c24-20-13-11-17(12-14-20)21(27-23(29)19-9-5-2-6-10-19)15-25-16-26-22(28)18-7-3-1-4-8-18/h1-16H,24H2,(H,27,29)(H,25,26,28)/b21-15-. The van der Waals surface area contributed by atoms with Crippen LogP contribution >= 0.6 is 12.2 Å². The Hall–Kier alpha value is -3.77. The Kier molecular flexibility index (Phi) is 6.86. The van der Waals surface area contributed by atoms with Gasteiger partial charge in [-0.1, -0.05) is 72.9 Å². The predicted octanol–water partition coefficient (Wildman–Crippen LogP) is 3.99. The van der Waals surface area contributed by atoms with Gasteiger partial charge in [-0.3, -0.25) is 4.79 Å². The third kappa shape index (κ3) is 5.85. The predicted molar refractivity (Wildman–Crippen MR) is 123 cm³/mol. The Morgan fingerprint density at radius 1 is 0.828 bits per heavy atom. The highest BCUT2D eigenvalue weighted by molar-refractivity contribution is 7.80. The third-order valence-corrected chi connectivity index (χ3v) is 4.35. The van der Waals surface area contributed by atoms with Gasteiger partial charge >= 0.3 is 0 Å². The maximum Gasteiger partial charge on any atom is 0.256 e. The quantitative estimate of drug-likeness (QED) is 0.253. The fraction of sp³-hybridized carbons (Fsp3) is 0. The Labute approximate surface area is 175 Å². The SMILES string of the molecule is Nc1ccc(/C(=C/N=CNC(=O)c2ccccc2)NC(=S)c2ccccc2)cc1. The van der Waals surface area contributed by atoms with Crippen LogP contribution in [0.1, 0.15) is 21.5 Å². The smallest absolute Gasteiger partial charge is 0.256 e. The number of carbonyl (C=O) groups is 1. The number of hydrogen-bond donors (Lipinski definition) is 3. The highest BCUT2D eigenvalue weighted by Gasteiger charge is 2.06. The minimum atomic E-state index is -0.232. The molecule has 29 heavy (non-hydrogen) atoms. The van der Waals surface area contributed by atoms with E-state index in [2.05, 4.69) is 15.6 Å². The molecule has 3 aromatic rings. The number of aliphatic imine (C=N–C) groups is 1. The van der Waals surface area contributed by atoms with E-state index < -0.39 is 0 Å². The molecule has 6 heteroatoms. The number of nitrogens with one attached hydrogen (secondary N) is 2. The molecular formula is C23H20N4OS. The molecule has 0 aliphatic carbocycles. The fourth-order valence-electron chi connectivity index (χ4n) is 2.51. The number of rotatable bonds is 6. The van der Waals surface area contributed by atoms with Gasteiger partial charge in [-0.15, -0.1) is 0 Å². The van der Waals surface area contributed by atoms with Crippen molar-refractivity contribution in [1.82, 2.24) is 10.6 Å². The van der Waals surface area contributed by atoms with Crippen molar-refractivity contribution in [3.8, 4) is 0 Å². The van der Waals surface area contributed by atoms with Crippen LogP contribution in [0.2, 0.25) is 0 Å². The molecule has 0 bridgehead atoms. The summed E-state index contributed by atoms with van der Waals surface area (Å²) < 4.78 is 0. The van der Waals surface area contributed by atoms with Crippen LogP contribution < -0.4 is 16.4 Å². The lowest BCUT2D eigenvalue weighted by Crippen LogP contribution is -2.22. The van der Waals surface area contributed by atoms with Gasteiger partial charge in [0.15, 0.2) is 0 Å². The van der Waals surface area contributed by atoms with Crippen molar-refractivity contribution < 1.29 is 4.79 Å². The lowest BCUT2D eigenvalue weighted by atomic mass is 10.1. The summed E-state index contributed by atoms with van der Waals surface area (Å²) in [6.07, 6.45) is 2.95. The van der Waals surface area contributed by atoms with Crippen molar-refractivity contribution in [3.63, 3.8) is 0 Å². The molecule has 0 spiro atoms. The monoisotopic (exact) mass is 400 g/mol. The average molecular weight is 401 g/mol. The maximum atomic E-state index is 12.1. The lowest BCUT2D eigenvalue weighted by Gasteiger charge is -2.12. The summed E-state index contributed by atoms with van der Waals surface area (Å²) in [5.74, 6) is -0.232. The first-order chi connectivity index (χ1) is 14.1. The molecule has 5 nitrogen and oxygen atoms in total. The molecule has 0 radical (unpaired) electrons. The van der Waals surface area contributed by atoms with Crippen molar-refractivity contribution in [2.45, 2.75) is 0 Å². The zero-order chi connectivity index (χ0) is 20.5. The molecule has 0 saturated carbocycles. The van der Waals surface area contributed by atoms with Gasteiger partial charge in [0.25, 0.3) is 5.91 Å². The first-order valence-electron chi connectivity index (χ1n) is 8.93. The molecule has 0 fully saturated rings. The molecule has 144 valence electrons. The number of nitrogen functional groups attached to an aromatic ring is 1. The second-order valence-electron chi connectivity index (χ2n) is 6.10. The molecule has 0 saturated heterocycles. The molecule has 3 aromatic carbocycles. The molecule has 0 aromatic heterocycles. The summed E-state index contributed by atoms with van der Waals surface area (Å²) in [5, 5.41) is 5.86. The van der Waals surface area contributed by atoms with Crippen LogP contribution in [0, 0.1) is 0 Å². The second kappa shape index (κ2) is 9.96. The number of nitrogens with two attached hydrogens (primary N) is 1. The topological polar surface area (TPSA) is 79.5 Å². The zero-order valence-electron chi connectivity index (χ0n) is 15.6. The molecule has 0 aliphatic rings. The minimum absolute atomic E-state index is 0.232. The Morgan fingerprint density at radius 2 is 1.41 bits per heavy atom. The van der Waals surface area contributed by atoms with E-state index in [0.29, 0.717) is 21.9 Å². The van der Waals surface area contributed by atoms with E-state index in [9.17, 15) is 4.79 Å². The summed E-state index contributed by atoms with van der Waals surface area (Å²) >= 11 is 5.51. The normalized spacial score (nSPS) is 11.2. The molecular weight excluding hydrogens is 380 g/mol. The van der Waals surface area contributed by atoms with Crippen LogP contribution in [0.4, 0.5) is 5.69 Å². The van der Waals surface area contributed by atoms with E-state index in [1.165, 1.54) is 6.34 Å². The van der Waals surface area contributed by atoms with Crippen LogP contribution in [-0.2, 0) is 0 Å². The van der Waals surface area contributed by atoms with Crippen molar-refractivity contribution in [2.24, 2.45) is 4.99 Å². The number of anilines is 1. The summed E-state index contributed by atoms with van der Waals surface area (Å²) in [5.41, 5.74) is 9.45. The lowest BCUT2D eigenvalue weighted by molar-refractivity contribution is 0.0978. The van der Waals surface area contributed by atoms with E-state index in [0.717, 1.165) is 11.1 Å². The van der Waals surface area contributed by atoms with Gasteiger partial charge in [-0.25, -0.2) is 4.99 Å². The Morgan fingerprint density at radius 3 is 2.03 bits per heavy atom. The number of hydrogen-bond acceptors (Lipinski definition) is 4. The van der Waals surface area contributed by atoms with Gasteiger partial charge in [0, 0.05) is 16.8 Å². The third-order valence-electron chi connectivity index (χ3n) is 4.02. The van der Waals surface area contributed by atoms with Crippen LogP contribution in [0.15, 0.2) is 96.1 Å². The van der Waals surface area contributed by atoms with Crippen molar-refractivity contribution >= 4 is 40.8 Å². The highest BCUT2D eigenvalue weighted by atomic mass is 32.1. The van der Waals surface area contributed by atoms with Gasteiger partial charge in [0.1, 0.15) is 4.99 Å². The van der Waals surface area contributed by atoms with Gasteiger partial charge in [-0.2, -0.15) is 0 Å². The minimum Gasteiger partial charge on any atom is -0.399 e. The second-order valence-corrected chi connectivity index (χ2v) is 6.51. The van der Waals surface area contributed by atoms with Gasteiger partial charge < -0.3 is 16.4 Å². The number of amides is 1. The molecule has 4 N–H and O–H groups in total. The van der Waals surface area contributed by atoms with E-state index >= 15 is 0 Å². The van der Waals surface area contributed by atoms with E-state index in [1.54, 1.807) is 42.6 Å². The zero-order valence-corrected chi connectivity index (χ0v) is 16.4. The number of thiocarbonyl (C=S) groups is 1. The van der Waals surface area contributed by atoms with Gasteiger partial charge in [-0.05, 0) is 29.8 Å². The highest BCUT2D eigenvalue weighted by Crippen LogP contribution is 2.15. The van der Waals surface area contributed by atoms with E-state index in [1.807, 2.05) is 48.5 Å². The molecule has 0 atom stereocenters. The average Bonchev–Trinajstić information content (AvgIpc) is 2.77. The molecule has 3 rings (SSSR count). The molecule has 0 aliphatic heterocycles. The van der Waals surface area contributed by atoms with E-state index in [-0.39, 0.29) is 5.91 Å². The number of carbonyl (C=O) groups excluding carboxylic acids is 1. The van der Waals surface area contributed by atoms with E-state index in [4.69, 9.17) is 18.0 Å². The number of nitrogens with zero attached hydrogens (tertiary/aromatic N) is 1. The van der Waals surface area contributed by atoms with Crippen molar-refractivity contribution in [1.29, 1.82) is 0 Å². The first-order valence-corrected chi connectivity index (χ1v) is 9.34. The van der Waals surface area contributed by atoms with Crippen LogP contribution in [0.25, 0.3) is 5.70 Å².